The SMILES string of the molecule is Cc1ccccc1OCCC(=O)[O-]. The molecule has 0 aromatic heterocycles. The third-order valence-corrected chi connectivity index (χ3v) is 1.66. The van der Waals surface area contributed by atoms with Gasteiger partial charge in [0.2, 0.25) is 0 Å². The fourth-order valence-corrected chi connectivity index (χ4v) is 0.963. The lowest BCUT2D eigenvalue weighted by Gasteiger charge is -2.08. The molecule has 1 rings (SSSR count). The Morgan fingerprint density at radius 2 is 2.15 bits per heavy atom. The van der Waals surface area contributed by atoms with Gasteiger partial charge in [-0.05, 0) is 18.6 Å². The van der Waals surface area contributed by atoms with Crippen LogP contribution in [0.4, 0.5) is 0 Å². The van der Waals surface area contributed by atoms with Crippen molar-refractivity contribution in [2.45, 2.75) is 13.3 Å². The molecule has 0 unspecified atom stereocenters. The van der Waals surface area contributed by atoms with Crippen molar-refractivity contribution in [2.24, 2.45) is 0 Å². The van der Waals surface area contributed by atoms with E-state index in [-0.39, 0.29) is 13.0 Å². The highest BCUT2D eigenvalue weighted by Crippen LogP contribution is 2.15. The van der Waals surface area contributed by atoms with Crippen LogP contribution in [0.15, 0.2) is 24.3 Å². The molecule has 1 aromatic rings. The molecule has 0 aliphatic rings. The number of benzene rings is 1. The number of rotatable bonds is 4. The van der Waals surface area contributed by atoms with Crippen LogP contribution in [0.5, 0.6) is 5.75 Å². The van der Waals surface area contributed by atoms with Gasteiger partial charge in [-0.1, -0.05) is 18.2 Å². The monoisotopic (exact) mass is 179 g/mol. The van der Waals surface area contributed by atoms with Crippen molar-refractivity contribution in [2.75, 3.05) is 6.61 Å². The van der Waals surface area contributed by atoms with Crippen LogP contribution in [0, 0.1) is 6.92 Å². The maximum absolute atomic E-state index is 10.1. The van der Waals surface area contributed by atoms with Crippen LogP contribution in [-0.2, 0) is 4.79 Å². The summed E-state index contributed by atoms with van der Waals surface area (Å²) in [5.74, 6) is -0.364. The van der Waals surface area contributed by atoms with Crippen LogP contribution in [0.1, 0.15) is 12.0 Å². The number of hydrogen-bond donors (Lipinski definition) is 0. The summed E-state index contributed by atoms with van der Waals surface area (Å²) >= 11 is 0. The first-order valence-corrected chi connectivity index (χ1v) is 4.08. The van der Waals surface area contributed by atoms with Gasteiger partial charge in [-0.3, -0.25) is 0 Å². The number of carboxylic acid groups (broad SMARTS) is 1. The van der Waals surface area contributed by atoms with Crippen LogP contribution in [0.2, 0.25) is 0 Å². The largest absolute Gasteiger partial charge is 0.550 e. The second kappa shape index (κ2) is 4.50. The van der Waals surface area contributed by atoms with Crippen molar-refractivity contribution in [3.8, 4) is 5.75 Å². The molecule has 0 aliphatic carbocycles. The van der Waals surface area contributed by atoms with Crippen molar-refractivity contribution in [1.29, 1.82) is 0 Å². The summed E-state index contributed by atoms with van der Waals surface area (Å²) in [5, 5.41) is 10.1. The summed E-state index contributed by atoms with van der Waals surface area (Å²) in [6.45, 7) is 2.07. The van der Waals surface area contributed by atoms with Crippen LogP contribution >= 0.6 is 0 Å². The number of aliphatic carboxylic acids is 1. The molecule has 0 radical (unpaired) electrons. The van der Waals surface area contributed by atoms with Gasteiger partial charge in [0.1, 0.15) is 5.75 Å². The normalized spacial score (nSPS) is 9.62. The molecule has 0 saturated heterocycles. The standard InChI is InChI=1S/C10H12O3/c1-8-4-2-3-5-9(8)13-7-6-10(11)12/h2-5H,6-7H2,1H3,(H,11,12)/p-1. The predicted molar refractivity (Wildman–Crippen MR) is 46.3 cm³/mol. The quantitative estimate of drug-likeness (QED) is 0.676. The number of ether oxygens (including phenoxy) is 1. The van der Waals surface area contributed by atoms with E-state index < -0.39 is 5.97 Å². The third kappa shape index (κ3) is 3.15. The molecule has 3 heteroatoms. The lowest BCUT2D eigenvalue weighted by atomic mass is 10.2. The zero-order valence-corrected chi connectivity index (χ0v) is 7.45. The first kappa shape index (κ1) is 9.58. The van der Waals surface area contributed by atoms with Gasteiger partial charge in [0.15, 0.2) is 0 Å². The minimum Gasteiger partial charge on any atom is -0.550 e. The number of carbonyl (C=O) groups is 1. The fourth-order valence-electron chi connectivity index (χ4n) is 0.963. The number of carbonyl (C=O) groups excluding carboxylic acids is 1. The van der Waals surface area contributed by atoms with Gasteiger partial charge in [0, 0.05) is 12.4 Å². The van der Waals surface area contributed by atoms with E-state index in [0.29, 0.717) is 0 Å². The molecule has 0 amide bonds. The third-order valence-electron chi connectivity index (χ3n) is 1.66. The summed E-state index contributed by atoms with van der Waals surface area (Å²) < 4.78 is 5.23. The maximum Gasteiger partial charge on any atom is 0.122 e. The zero-order valence-electron chi connectivity index (χ0n) is 7.45. The van der Waals surface area contributed by atoms with Crippen molar-refractivity contribution in [1.82, 2.24) is 0 Å². The average Bonchev–Trinajstić information content (AvgIpc) is 2.08. The van der Waals surface area contributed by atoms with E-state index in [1.54, 1.807) is 0 Å². The molecule has 3 nitrogen and oxygen atoms in total. The Bertz CT molecular complexity index is 294. The number of hydrogen-bond acceptors (Lipinski definition) is 3. The summed E-state index contributed by atoms with van der Waals surface area (Å²) in [6, 6.07) is 7.47. The number of aryl methyl sites for hydroxylation is 1. The molecule has 0 saturated carbocycles. The predicted octanol–water partition coefficient (Wildman–Crippen LogP) is 0.514. The zero-order chi connectivity index (χ0) is 9.68. The highest BCUT2D eigenvalue weighted by Gasteiger charge is 1.96. The molecule has 0 atom stereocenters. The Kier molecular flexibility index (Phi) is 3.31. The molecule has 0 bridgehead atoms. The Labute approximate surface area is 77.0 Å². The van der Waals surface area contributed by atoms with Crippen LogP contribution in [0.3, 0.4) is 0 Å². The fraction of sp³-hybridized carbons (Fsp3) is 0.300. The van der Waals surface area contributed by atoms with Crippen molar-refractivity contribution in [3.63, 3.8) is 0 Å². The second-order valence-electron chi connectivity index (χ2n) is 2.74. The van der Waals surface area contributed by atoms with Gasteiger partial charge in [-0.15, -0.1) is 0 Å². The van der Waals surface area contributed by atoms with E-state index in [2.05, 4.69) is 0 Å². The van der Waals surface area contributed by atoms with E-state index >= 15 is 0 Å². The van der Waals surface area contributed by atoms with Gasteiger partial charge < -0.3 is 14.6 Å². The Hall–Kier alpha value is -1.51. The molecule has 70 valence electrons. The summed E-state index contributed by atoms with van der Waals surface area (Å²) in [5.41, 5.74) is 1.00. The molecule has 0 aliphatic heterocycles. The number of carboxylic acids is 1. The summed E-state index contributed by atoms with van der Waals surface area (Å²) in [6.07, 6.45) is -0.0751. The smallest absolute Gasteiger partial charge is 0.122 e. The second-order valence-corrected chi connectivity index (χ2v) is 2.74. The topological polar surface area (TPSA) is 49.4 Å². The Balaban J connectivity index is 2.45. The minimum atomic E-state index is -1.09. The minimum absolute atomic E-state index is 0.0751. The molecule has 1 aromatic carbocycles. The van der Waals surface area contributed by atoms with E-state index in [1.807, 2.05) is 31.2 Å². The van der Waals surface area contributed by atoms with Crippen LogP contribution < -0.4 is 9.84 Å². The van der Waals surface area contributed by atoms with Crippen LogP contribution in [0.25, 0.3) is 0 Å². The lowest BCUT2D eigenvalue weighted by Crippen LogP contribution is -2.24. The van der Waals surface area contributed by atoms with Gasteiger partial charge in [0.05, 0.1) is 6.61 Å². The van der Waals surface area contributed by atoms with E-state index in [9.17, 15) is 9.90 Å². The molecule has 0 N–H and O–H groups in total. The van der Waals surface area contributed by atoms with Gasteiger partial charge in [0.25, 0.3) is 0 Å². The van der Waals surface area contributed by atoms with E-state index in [0.717, 1.165) is 11.3 Å². The molecular weight excluding hydrogens is 168 g/mol. The Morgan fingerprint density at radius 1 is 1.46 bits per heavy atom. The summed E-state index contributed by atoms with van der Waals surface area (Å²) in [4.78, 5) is 10.1. The molecule has 0 fully saturated rings. The molecule has 0 heterocycles. The molecule has 13 heavy (non-hydrogen) atoms. The first-order valence-electron chi connectivity index (χ1n) is 4.08. The van der Waals surface area contributed by atoms with Crippen molar-refractivity contribution >= 4 is 5.97 Å². The van der Waals surface area contributed by atoms with Gasteiger partial charge >= 0.3 is 0 Å². The van der Waals surface area contributed by atoms with E-state index in [1.165, 1.54) is 0 Å². The maximum atomic E-state index is 10.1. The van der Waals surface area contributed by atoms with E-state index in [4.69, 9.17) is 4.74 Å². The van der Waals surface area contributed by atoms with Crippen LogP contribution in [-0.4, -0.2) is 12.6 Å². The van der Waals surface area contributed by atoms with Gasteiger partial charge in [-0.2, -0.15) is 0 Å². The summed E-state index contributed by atoms with van der Waals surface area (Å²) in [7, 11) is 0. The highest BCUT2D eigenvalue weighted by molar-refractivity contribution is 5.64. The Morgan fingerprint density at radius 3 is 2.77 bits per heavy atom. The lowest BCUT2D eigenvalue weighted by molar-refractivity contribution is -0.306. The van der Waals surface area contributed by atoms with Crippen molar-refractivity contribution in [3.05, 3.63) is 29.8 Å². The molecular formula is C10H11O3-. The average molecular weight is 179 g/mol. The van der Waals surface area contributed by atoms with Crippen molar-refractivity contribution < 1.29 is 14.6 Å². The number of para-hydroxylation sites is 1. The molecule has 0 spiro atoms. The van der Waals surface area contributed by atoms with Gasteiger partial charge in [-0.25, -0.2) is 0 Å². The highest BCUT2D eigenvalue weighted by atomic mass is 16.5. The first-order chi connectivity index (χ1) is 6.20.